The second kappa shape index (κ2) is 8.25. The summed E-state index contributed by atoms with van der Waals surface area (Å²) in [6, 6.07) is 17.5. The van der Waals surface area contributed by atoms with Crippen molar-refractivity contribution in [2.75, 3.05) is 13.1 Å². The van der Waals surface area contributed by atoms with Crippen LogP contribution in [0.4, 0.5) is 0 Å². The maximum absolute atomic E-state index is 6.22. The summed E-state index contributed by atoms with van der Waals surface area (Å²) in [5, 5.41) is 5.37. The first kappa shape index (κ1) is 18.2. The Morgan fingerprint density at radius 1 is 1.04 bits per heavy atom. The van der Waals surface area contributed by atoms with Gasteiger partial charge >= 0.3 is 0 Å². The Kier molecular flexibility index (Phi) is 5.57. The second-order valence-corrected chi connectivity index (χ2v) is 7.48. The number of aromatic nitrogens is 3. The van der Waals surface area contributed by atoms with Crippen LogP contribution < -0.4 is 9.64 Å². The van der Waals surface area contributed by atoms with Crippen LogP contribution in [0.15, 0.2) is 54.6 Å². The van der Waals surface area contributed by atoms with Crippen LogP contribution in [0.1, 0.15) is 18.7 Å². The molecule has 27 heavy (non-hydrogen) atoms. The quantitative estimate of drug-likeness (QED) is 0.644. The fourth-order valence-corrected chi connectivity index (χ4v) is 3.94. The first-order valence-corrected chi connectivity index (χ1v) is 9.96. The normalized spacial score (nSPS) is 14.6. The Balaban J connectivity index is 1.66. The molecule has 2 heterocycles. The molecule has 0 aliphatic carbocycles. The number of benzene rings is 2. The van der Waals surface area contributed by atoms with Crippen molar-refractivity contribution in [1.29, 1.82) is 0 Å². The molecule has 4 rings (SSSR count). The Morgan fingerprint density at radius 3 is 2.48 bits per heavy atom. The Hall–Kier alpha value is -2.15. The van der Waals surface area contributed by atoms with E-state index in [2.05, 4.69) is 0 Å². The average Bonchev–Trinajstić information content (AvgIpc) is 3.30. The van der Waals surface area contributed by atoms with Crippen molar-refractivity contribution in [3.8, 4) is 11.4 Å². The minimum atomic E-state index is 0.296. The zero-order chi connectivity index (χ0) is 18.6. The van der Waals surface area contributed by atoms with Gasteiger partial charge in [0.05, 0.1) is 18.1 Å². The average molecular weight is 402 g/mol. The molecule has 0 saturated carbocycles. The lowest BCUT2D eigenvalue weighted by Gasteiger charge is -2.11. The lowest BCUT2D eigenvalue weighted by molar-refractivity contribution is -0.911. The van der Waals surface area contributed by atoms with E-state index in [-0.39, 0.29) is 0 Å². The molecular formula is C20H22ClN4OS+. The van der Waals surface area contributed by atoms with Crippen LogP contribution >= 0.6 is 23.8 Å². The van der Waals surface area contributed by atoms with Crippen LogP contribution in [0.3, 0.4) is 0 Å². The number of quaternary nitrogens is 1. The SMILES string of the molecule is S=c1n(C[NH+]2CCCC2)nc(COc2ccccc2Cl)n1-c1ccccc1. The molecule has 0 bridgehead atoms. The summed E-state index contributed by atoms with van der Waals surface area (Å²) >= 11 is 12.0. The van der Waals surface area contributed by atoms with Crippen molar-refractivity contribution >= 4 is 23.8 Å². The third-order valence-electron chi connectivity index (χ3n) is 4.80. The lowest BCUT2D eigenvalue weighted by atomic mass is 10.3. The molecule has 0 unspecified atom stereocenters. The predicted octanol–water partition coefficient (Wildman–Crippen LogP) is 3.27. The van der Waals surface area contributed by atoms with Gasteiger partial charge in [0, 0.05) is 18.5 Å². The third-order valence-corrected chi connectivity index (χ3v) is 5.50. The van der Waals surface area contributed by atoms with E-state index in [9.17, 15) is 0 Å². The monoisotopic (exact) mass is 401 g/mol. The number of hydrogen-bond donors (Lipinski definition) is 1. The van der Waals surface area contributed by atoms with Gasteiger partial charge in [-0.1, -0.05) is 41.9 Å². The number of hydrogen-bond acceptors (Lipinski definition) is 3. The fourth-order valence-electron chi connectivity index (χ4n) is 3.43. The summed E-state index contributed by atoms with van der Waals surface area (Å²) in [6.45, 7) is 3.43. The summed E-state index contributed by atoms with van der Waals surface area (Å²) in [5.74, 6) is 1.41. The van der Waals surface area contributed by atoms with E-state index in [0.29, 0.717) is 22.2 Å². The van der Waals surface area contributed by atoms with E-state index >= 15 is 0 Å². The first-order valence-electron chi connectivity index (χ1n) is 9.17. The van der Waals surface area contributed by atoms with Gasteiger partial charge < -0.3 is 9.64 Å². The van der Waals surface area contributed by atoms with Crippen molar-refractivity contribution in [2.24, 2.45) is 0 Å². The van der Waals surface area contributed by atoms with Crippen molar-refractivity contribution < 1.29 is 9.64 Å². The van der Waals surface area contributed by atoms with Crippen LogP contribution in [-0.2, 0) is 13.3 Å². The van der Waals surface area contributed by atoms with Crippen LogP contribution in [0, 0.1) is 4.77 Å². The zero-order valence-electron chi connectivity index (χ0n) is 15.0. The van der Waals surface area contributed by atoms with E-state index in [1.807, 2.05) is 63.8 Å². The van der Waals surface area contributed by atoms with Gasteiger partial charge in [0.2, 0.25) is 4.77 Å². The van der Waals surface area contributed by atoms with Crippen molar-refractivity contribution in [2.45, 2.75) is 26.1 Å². The van der Waals surface area contributed by atoms with Gasteiger partial charge in [-0.25, -0.2) is 0 Å². The largest absolute Gasteiger partial charge is 0.484 e. The van der Waals surface area contributed by atoms with Crippen molar-refractivity contribution in [3.05, 3.63) is 70.2 Å². The van der Waals surface area contributed by atoms with Crippen LogP contribution in [0.2, 0.25) is 5.02 Å². The van der Waals surface area contributed by atoms with Crippen LogP contribution in [0.25, 0.3) is 5.69 Å². The van der Waals surface area contributed by atoms with Gasteiger partial charge in [0.25, 0.3) is 0 Å². The predicted molar refractivity (Wildman–Crippen MR) is 108 cm³/mol. The number of nitrogens with zero attached hydrogens (tertiary/aromatic N) is 3. The first-order chi connectivity index (χ1) is 13.2. The number of ether oxygens (including phenoxy) is 1. The van der Waals surface area contributed by atoms with Crippen LogP contribution in [-0.4, -0.2) is 27.4 Å². The van der Waals surface area contributed by atoms with Gasteiger partial charge in [-0.2, -0.15) is 4.68 Å². The standard InChI is InChI=1S/C20H21ClN4OS/c21-17-10-4-5-11-18(17)26-14-19-22-24(15-23-12-6-7-13-23)20(27)25(19)16-8-2-1-3-9-16/h1-5,8-11H,6-7,12-15H2/p+1. The number of likely N-dealkylation sites (tertiary alicyclic amines) is 1. The molecule has 0 atom stereocenters. The highest BCUT2D eigenvalue weighted by atomic mass is 35.5. The molecule has 1 aromatic heterocycles. The van der Waals surface area contributed by atoms with E-state index in [1.165, 1.54) is 30.8 Å². The molecule has 5 nitrogen and oxygen atoms in total. The van der Waals surface area contributed by atoms with Gasteiger partial charge in [-0.15, -0.1) is 5.10 Å². The second-order valence-electron chi connectivity index (χ2n) is 6.70. The topological polar surface area (TPSA) is 36.4 Å². The molecule has 7 heteroatoms. The van der Waals surface area contributed by atoms with E-state index in [4.69, 9.17) is 33.7 Å². The van der Waals surface area contributed by atoms with E-state index < -0.39 is 0 Å². The Morgan fingerprint density at radius 2 is 1.74 bits per heavy atom. The summed E-state index contributed by atoms with van der Waals surface area (Å²) in [6.07, 6.45) is 2.54. The van der Waals surface area contributed by atoms with Crippen molar-refractivity contribution in [1.82, 2.24) is 14.3 Å². The van der Waals surface area contributed by atoms with Gasteiger partial charge in [0.1, 0.15) is 12.4 Å². The maximum atomic E-state index is 6.22. The van der Waals surface area contributed by atoms with E-state index in [0.717, 1.165) is 18.2 Å². The molecule has 1 aliphatic rings. The summed E-state index contributed by atoms with van der Waals surface area (Å²) in [4.78, 5) is 1.52. The Bertz CT molecular complexity index is 964. The molecule has 0 amide bonds. The Labute approximate surface area is 168 Å². The molecule has 1 saturated heterocycles. The molecule has 3 aromatic rings. The summed E-state index contributed by atoms with van der Waals surface area (Å²) in [5.41, 5.74) is 0.989. The van der Waals surface area contributed by atoms with E-state index in [1.54, 1.807) is 0 Å². The molecular weight excluding hydrogens is 380 g/mol. The molecule has 2 aromatic carbocycles. The lowest BCUT2D eigenvalue weighted by Crippen LogP contribution is -3.09. The fraction of sp³-hybridized carbons (Fsp3) is 0.300. The highest BCUT2D eigenvalue weighted by Gasteiger charge is 2.20. The van der Waals surface area contributed by atoms with Gasteiger partial charge in [-0.3, -0.25) is 4.57 Å². The third kappa shape index (κ3) is 4.08. The molecule has 1 aliphatic heterocycles. The number of rotatable bonds is 6. The smallest absolute Gasteiger partial charge is 0.207 e. The molecule has 140 valence electrons. The van der Waals surface area contributed by atoms with Gasteiger partial charge in [-0.05, 0) is 36.5 Å². The maximum Gasteiger partial charge on any atom is 0.207 e. The van der Waals surface area contributed by atoms with Crippen LogP contribution in [0.5, 0.6) is 5.75 Å². The molecule has 1 fully saturated rings. The molecule has 0 radical (unpaired) electrons. The zero-order valence-corrected chi connectivity index (χ0v) is 16.5. The minimum absolute atomic E-state index is 0.296. The number of para-hydroxylation sites is 2. The number of halogens is 1. The minimum Gasteiger partial charge on any atom is -0.484 e. The highest BCUT2D eigenvalue weighted by Crippen LogP contribution is 2.24. The summed E-state index contributed by atoms with van der Waals surface area (Å²) < 4.78 is 10.5. The highest BCUT2D eigenvalue weighted by molar-refractivity contribution is 7.71. The van der Waals surface area contributed by atoms with Crippen molar-refractivity contribution in [3.63, 3.8) is 0 Å². The van der Waals surface area contributed by atoms with Gasteiger partial charge in [0.15, 0.2) is 12.5 Å². The number of nitrogens with one attached hydrogen (secondary N) is 1. The molecule has 1 N–H and O–H groups in total. The summed E-state index contributed by atoms with van der Waals surface area (Å²) in [7, 11) is 0. The molecule has 0 spiro atoms.